The molecule has 0 fully saturated rings. The summed E-state index contributed by atoms with van der Waals surface area (Å²) >= 11 is 0. The van der Waals surface area contributed by atoms with Crippen molar-refractivity contribution >= 4 is 10.0 Å². The molecule has 0 radical (unpaired) electrons. The van der Waals surface area contributed by atoms with Crippen molar-refractivity contribution in [2.75, 3.05) is 7.11 Å². The second-order valence-electron chi connectivity index (χ2n) is 4.90. The van der Waals surface area contributed by atoms with E-state index in [4.69, 9.17) is 4.74 Å². The lowest BCUT2D eigenvalue weighted by Gasteiger charge is -2.13. The van der Waals surface area contributed by atoms with E-state index in [0.29, 0.717) is 11.3 Å². The van der Waals surface area contributed by atoms with E-state index in [9.17, 15) is 8.42 Å². The van der Waals surface area contributed by atoms with Crippen LogP contribution < -0.4 is 9.46 Å². The van der Waals surface area contributed by atoms with E-state index < -0.39 is 10.0 Å². The normalized spacial score (nSPS) is 11.4. The van der Waals surface area contributed by atoms with Crippen LogP contribution in [0.3, 0.4) is 0 Å². The Labute approximate surface area is 125 Å². The fourth-order valence-electron chi connectivity index (χ4n) is 2.18. The lowest BCUT2D eigenvalue weighted by atomic mass is 10.1. The van der Waals surface area contributed by atoms with E-state index in [0.717, 1.165) is 11.1 Å². The Kier molecular flexibility index (Phi) is 4.65. The zero-order valence-electron chi connectivity index (χ0n) is 12.4. The molecule has 0 aliphatic rings. The van der Waals surface area contributed by atoms with Crippen LogP contribution in [0.2, 0.25) is 0 Å². The molecule has 0 saturated heterocycles. The van der Waals surface area contributed by atoms with Gasteiger partial charge in [0.2, 0.25) is 10.0 Å². The first-order valence-electron chi connectivity index (χ1n) is 6.63. The van der Waals surface area contributed by atoms with E-state index in [1.807, 2.05) is 43.3 Å². The lowest BCUT2D eigenvalue weighted by Crippen LogP contribution is -2.24. The van der Waals surface area contributed by atoms with Crippen molar-refractivity contribution in [1.82, 2.24) is 4.72 Å². The molecule has 2 rings (SSSR count). The summed E-state index contributed by atoms with van der Waals surface area (Å²) in [7, 11) is -2.04. The molecule has 0 unspecified atom stereocenters. The highest BCUT2D eigenvalue weighted by molar-refractivity contribution is 7.89. The molecule has 2 aromatic rings. The first-order chi connectivity index (χ1) is 9.94. The second kappa shape index (κ2) is 6.28. The largest absolute Gasteiger partial charge is 0.496 e. The van der Waals surface area contributed by atoms with Crippen molar-refractivity contribution in [3.8, 4) is 5.75 Å². The van der Waals surface area contributed by atoms with Crippen molar-refractivity contribution < 1.29 is 13.2 Å². The van der Waals surface area contributed by atoms with E-state index in [2.05, 4.69) is 4.72 Å². The molecule has 0 saturated carbocycles. The van der Waals surface area contributed by atoms with Gasteiger partial charge in [-0.2, -0.15) is 0 Å². The summed E-state index contributed by atoms with van der Waals surface area (Å²) in [5.74, 6) is 0.570. The third kappa shape index (κ3) is 3.62. The minimum absolute atomic E-state index is 0.251. The SMILES string of the molecule is COc1cc(S(=O)(=O)NCc2ccccc2)c(C)cc1C. The molecule has 21 heavy (non-hydrogen) atoms. The molecule has 0 spiro atoms. The Balaban J connectivity index is 2.27. The third-order valence-corrected chi connectivity index (χ3v) is 4.83. The number of methoxy groups -OCH3 is 1. The van der Waals surface area contributed by atoms with Gasteiger partial charge < -0.3 is 4.74 Å². The summed E-state index contributed by atoms with van der Waals surface area (Å²) in [5.41, 5.74) is 2.53. The number of hydrogen-bond donors (Lipinski definition) is 1. The molecule has 0 heterocycles. The zero-order chi connectivity index (χ0) is 15.5. The molecule has 1 N–H and O–H groups in total. The molecule has 0 aliphatic heterocycles. The van der Waals surface area contributed by atoms with Gasteiger partial charge in [-0.05, 0) is 30.5 Å². The molecule has 0 aromatic heterocycles. The van der Waals surface area contributed by atoms with Crippen LogP contribution in [0.15, 0.2) is 47.4 Å². The summed E-state index contributed by atoms with van der Waals surface area (Å²) in [6, 6.07) is 12.8. The highest BCUT2D eigenvalue weighted by Crippen LogP contribution is 2.25. The van der Waals surface area contributed by atoms with Crippen LogP contribution in [0, 0.1) is 13.8 Å². The number of sulfonamides is 1. The first-order valence-corrected chi connectivity index (χ1v) is 8.11. The van der Waals surface area contributed by atoms with Crippen molar-refractivity contribution in [1.29, 1.82) is 0 Å². The fraction of sp³-hybridized carbons (Fsp3) is 0.250. The van der Waals surface area contributed by atoms with Gasteiger partial charge >= 0.3 is 0 Å². The maximum Gasteiger partial charge on any atom is 0.241 e. The fourth-order valence-corrected chi connectivity index (χ4v) is 3.43. The number of benzene rings is 2. The van der Waals surface area contributed by atoms with Gasteiger partial charge in [0.25, 0.3) is 0 Å². The van der Waals surface area contributed by atoms with Crippen molar-refractivity contribution in [2.24, 2.45) is 0 Å². The van der Waals surface area contributed by atoms with Gasteiger partial charge in [-0.3, -0.25) is 0 Å². The summed E-state index contributed by atoms with van der Waals surface area (Å²) in [6.07, 6.45) is 0. The van der Waals surface area contributed by atoms with Crippen LogP contribution in [0.25, 0.3) is 0 Å². The molecule has 4 nitrogen and oxygen atoms in total. The van der Waals surface area contributed by atoms with Gasteiger partial charge in [0.15, 0.2) is 0 Å². The molecule has 112 valence electrons. The van der Waals surface area contributed by atoms with E-state index >= 15 is 0 Å². The smallest absolute Gasteiger partial charge is 0.241 e. The number of nitrogens with one attached hydrogen (secondary N) is 1. The Hall–Kier alpha value is -1.85. The molecule has 2 aromatic carbocycles. The summed E-state index contributed by atoms with van der Waals surface area (Å²) in [6.45, 7) is 3.93. The van der Waals surface area contributed by atoms with Gasteiger partial charge in [0.1, 0.15) is 5.75 Å². The first kappa shape index (κ1) is 15.5. The topological polar surface area (TPSA) is 55.4 Å². The van der Waals surface area contributed by atoms with Gasteiger partial charge in [-0.15, -0.1) is 0 Å². The highest BCUT2D eigenvalue weighted by Gasteiger charge is 2.18. The van der Waals surface area contributed by atoms with Crippen molar-refractivity contribution in [3.05, 3.63) is 59.2 Å². The number of aryl methyl sites for hydroxylation is 2. The quantitative estimate of drug-likeness (QED) is 0.924. The van der Waals surface area contributed by atoms with Crippen LogP contribution in [-0.4, -0.2) is 15.5 Å². The van der Waals surface area contributed by atoms with E-state index in [-0.39, 0.29) is 11.4 Å². The average molecular weight is 305 g/mol. The Morgan fingerprint density at radius 2 is 1.71 bits per heavy atom. The lowest BCUT2D eigenvalue weighted by molar-refractivity contribution is 0.410. The summed E-state index contributed by atoms with van der Waals surface area (Å²) in [4.78, 5) is 0.251. The standard InChI is InChI=1S/C16H19NO3S/c1-12-9-13(2)16(10-15(12)20-3)21(18,19)17-11-14-7-5-4-6-8-14/h4-10,17H,11H2,1-3H3. The Bertz CT molecular complexity index is 725. The molecule has 0 atom stereocenters. The molecule has 5 heteroatoms. The molecular formula is C16H19NO3S. The molecule has 0 aliphatic carbocycles. The van der Waals surface area contributed by atoms with E-state index in [1.54, 1.807) is 13.0 Å². The van der Waals surface area contributed by atoms with Crippen LogP contribution in [0.1, 0.15) is 16.7 Å². The van der Waals surface area contributed by atoms with Gasteiger partial charge in [-0.1, -0.05) is 36.4 Å². The number of rotatable bonds is 5. The minimum Gasteiger partial charge on any atom is -0.496 e. The van der Waals surface area contributed by atoms with Crippen LogP contribution in [-0.2, 0) is 16.6 Å². The predicted molar refractivity (Wildman–Crippen MR) is 82.9 cm³/mol. The van der Waals surface area contributed by atoms with E-state index in [1.165, 1.54) is 7.11 Å². The second-order valence-corrected chi connectivity index (χ2v) is 6.63. The van der Waals surface area contributed by atoms with Crippen LogP contribution >= 0.6 is 0 Å². The Morgan fingerprint density at radius 3 is 2.33 bits per heavy atom. The number of hydrogen-bond acceptors (Lipinski definition) is 3. The third-order valence-electron chi connectivity index (χ3n) is 3.29. The minimum atomic E-state index is -3.57. The zero-order valence-corrected chi connectivity index (χ0v) is 13.2. The van der Waals surface area contributed by atoms with Gasteiger partial charge in [0.05, 0.1) is 12.0 Å². The highest BCUT2D eigenvalue weighted by atomic mass is 32.2. The molecule has 0 bridgehead atoms. The van der Waals surface area contributed by atoms with Crippen LogP contribution in [0.4, 0.5) is 0 Å². The van der Waals surface area contributed by atoms with Crippen molar-refractivity contribution in [2.45, 2.75) is 25.3 Å². The number of ether oxygens (including phenoxy) is 1. The summed E-state index contributed by atoms with van der Waals surface area (Å²) in [5, 5.41) is 0. The maximum absolute atomic E-state index is 12.4. The summed E-state index contributed by atoms with van der Waals surface area (Å²) < 4.78 is 32.7. The van der Waals surface area contributed by atoms with Crippen molar-refractivity contribution in [3.63, 3.8) is 0 Å². The van der Waals surface area contributed by atoms with Gasteiger partial charge in [-0.25, -0.2) is 13.1 Å². The molecular weight excluding hydrogens is 286 g/mol. The Morgan fingerprint density at radius 1 is 1.05 bits per heavy atom. The monoisotopic (exact) mass is 305 g/mol. The predicted octanol–water partition coefficient (Wildman–Crippen LogP) is 2.79. The van der Waals surface area contributed by atoms with Gasteiger partial charge in [0, 0.05) is 12.6 Å². The molecule has 0 amide bonds. The van der Waals surface area contributed by atoms with Crippen LogP contribution in [0.5, 0.6) is 5.75 Å². The maximum atomic E-state index is 12.4. The average Bonchev–Trinajstić information content (AvgIpc) is 2.46.